The summed E-state index contributed by atoms with van der Waals surface area (Å²) >= 11 is 3.28. The van der Waals surface area contributed by atoms with Crippen LogP contribution in [-0.4, -0.2) is 22.8 Å². The Labute approximate surface area is 164 Å². The lowest BCUT2D eigenvalue weighted by atomic mass is 10.2. The van der Waals surface area contributed by atoms with Gasteiger partial charge in [-0.3, -0.25) is 0 Å². The van der Waals surface area contributed by atoms with Crippen molar-refractivity contribution in [1.82, 2.24) is 9.97 Å². The van der Waals surface area contributed by atoms with Crippen molar-refractivity contribution in [3.63, 3.8) is 0 Å². The second-order valence-electron chi connectivity index (χ2n) is 5.20. The molecule has 0 bridgehead atoms. The van der Waals surface area contributed by atoms with Gasteiger partial charge in [-0.05, 0) is 70.0 Å². The summed E-state index contributed by atoms with van der Waals surface area (Å²) in [5, 5.41) is 3.64. The van der Waals surface area contributed by atoms with Gasteiger partial charge in [0.05, 0.1) is 5.69 Å². The smallest absolute Gasteiger partial charge is 0.322 e. The summed E-state index contributed by atoms with van der Waals surface area (Å²) in [6, 6.07) is 16.7. The van der Waals surface area contributed by atoms with Crippen LogP contribution in [0.3, 0.4) is 0 Å². The molecule has 0 unspecified atom stereocenters. The standard InChI is InChI=1S/C19H15BrN4O3/c1-14-11-15(7-8-17(14)27-19-21-10-9-18(20)24-19)22-12-26-23-13-25-16-5-3-2-4-6-16/h2-13H,1H3/b22-12+,23-13+. The zero-order valence-corrected chi connectivity index (χ0v) is 15.9. The highest BCUT2D eigenvalue weighted by Crippen LogP contribution is 2.27. The minimum Gasteiger partial charge on any atom is -0.442 e. The van der Waals surface area contributed by atoms with E-state index >= 15 is 0 Å². The van der Waals surface area contributed by atoms with E-state index in [1.54, 1.807) is 24.4 Å². The number of oxime groups is 1. The molecule has 0 fully saturated rings. The lowest BCUT2D eigenvalue weighted by molar-refractivity contribution is 0.335. The van der Waals surface area contributed by atoms with E-state index in [9.17, 15) is 0 Å². The number of aryl methyl sites for hydroxylation is 1. The lowest BCUT2D eigenvalue weighted by Crippen LogP contribution is -1.93. The van der Waals surface area contributed by atoms with Crippen molar-refractivity contribution in [1.29, 1.82) is 0 Å². The van der Waals surface area contributed by atoms with Crippen molar-refractivity contribution in [2.24, 2.45) is 10.1 Å². The fourth-order valence-corrected chi connectivity index (χ4v) is 2.28. The minimum atomic E-state index is 0.264. The molecule has 0 atom stereocenters. The molecule has 0 spiro atoms. The number of benzene rings is 2. The molecule has 0 amide bonds. The predicted molar refractivity (Wildman–Crippen MR) is 106 cm³/mol. The van der Waals surface area contributed by atoms with Gasteiger partial charge in [-0.2, -0.15) is 4.98 Å². The van der Waals surface area contributed by atoms with Crippen molar-refractivity contribution in [3.8, 4) is 17.5 Å². The molecule has 3 aromatic rings. The zero-order chi connectivity index (χ0) is 18.9. The number of aliphatic imine (C=N–C) groups is 1. The Bertz CT molecular complexity index is 949. The van der Waals surface area contributed by atoms with Crippen LogP contribution in [0.4, 0.5) is 5.69 Å². The van der Waals surface area contributed by atoms with Gasteiger partial charge in [0.15, 0.2) is 0 Å². The first-order chi connectivity index (χ1) is 13.2. The van der Waals surface area contributed by atoms with Gasteiger partial charge in [0.1, 0.15) is 16.1 Å². The van der Waals surface area contributed by atoms with Crippen LogP contribution in [0.25, 0.3) is 0 Å². The van der Waals surface area contributed by atoms with Crippen LogP contribution in [-0.2, 0) is 4.84 Å². The third-order valence-electron chi connectivity index (χ3n) is 3.24. The Morgan fingerprint density at radius 3 is 2.67 bits per heavy atom. The molecule has 2 aromatic carbocycles. The first-order valence-electron chi connectivity index (χ1n) is 7.90. The van der Waals surface area contributed by atoms with Crippen LogP contribution in [0.2, 0.25) is 0 Å². The van der Waals surface area contributed by atoms with E-state index in [-0.39, 0.29) is 6.01 Å². The van der Waals surface area contributed by atoms with Crippen LogP contribution < -0.4 is 9.47 Å². The number of nitrogens with zero attached hydrogens (tertiary/aromatic N) is 4. The molecule has 1 heterocycles. The molecule has 0 radical (unpaired) electrons. The number of halogens is 1. The second kappa shape index (κ2) is 9.44. The molecule has 136 valence electrons. The third-order valence-corrected chi connectivity index (χ3v) is 3.69. The van der Waals surface area contributed by atoms with Gasteiger partial charge in [-0.15, -0.1) is 0 Å². The number of rotatable bonds is 7. The van der Waals surface area contributed by atoms with Crippen LogP contribution >= 0.6 is 15.9 Å². The van der Waals surface area contributed by atoms with E-state index in [0.717, 1.165) is 5.56 Å². The molecular formula is C19H15BrN4O3. The Morgan fingerprint density at radius 1 is 1.04 bits per heavy atom. The van der Waals surface area contributed by atoms with E-state index in [1.807, 2.05) is 43.3 Å². The molecule has 0 aliphatic heterocycles. The predicted octanol–water partition coefficient (Wildman–Crippen LogP) is 5.04. The Balaban J connectivity index is 1.53. The normalized spacial score (nSPS) is 11.0. The largest absolute Gasteiger partial charge is 0.442 e. The summed E-state index contributed by atoms with van der Waals surface area (Å²) in [6.45, 7) is 1.90. The molecule has 0 aliphatic rings. The van der Waals surface area contributed by atoms with Crippen LogP contribution in [0.1, 0.15) is 5.56 Å². The first-order valence-corrected chi connectivity index (χ1v) is 8.69. The third kappa shape index (κ3) is 5.89. The highest BCUT2D eigenvalue weighted by atomic mass is 79.9. The summed E-state index contributed by atoms with van der Waals surface area (Å²) in [7, 11) is 0. The van der Waals surface area contributed by atoms with Crippen molar-refractivity contribution in [2.75, 3.05) is 0 Å². The van der Waals surface area contributed by atoms with E-state index in [1.165, 1.54) is 12.8 Å². The number of para-hydroxylation sites is 1. The first kappa shape index (κ1) is 18.5. The van der Waals surface area contributed by atoms with Gasteiger partial charge in [0.25, 0.3) is 0 Å². The fraction of sp³-hybridized carbons (Fsp3) is 0.0526. The van der Waals surface area contributed by atoms with E-state index < -0.39 is 0 Å². The summed E-state index contributed by atoms with van der Waals surface area (Å²) in [4.78, 5) is 17.3. The van der Waals surface area contributed by atoms with Crippen molar-refractivity contribution in [2.45, 2.75) is 6.92 Å². The zero-order valence-electron chi connectivity index (χ0n) is 14.3. The molecule has 8 heteroatoms. The minimum absolute atomic E-state index is 0.264. The Morgan fingerprint density at radius 2 is 1.89 bits per heavy atom. The quantitative estimate of drug-likeness (QED) is 0.229. The van der Waals surface area contributed by atoms with Crippen LogP contribution in [0.5, 0.6) is 17.5 Å². The second-order valence-corrected chi connectivity index (χ2v) is 6.01. The molecule has 27 heavy (non-hydrogen) atoms. The van der Waals surface area contributed by atoms with Gasteiger partial charge in [-0.1, -0.05) is 18.2 Å². The van der Waals surface area contributed by atoms with E-state index in [4.69, 9.17) is 14.3 Å². The molecule has 3 rings (SSSR count). The maximum Gasteiger partial charge on any atom is 0.322 e. The summed E-state index contributed by atoms with van der Waals surface area (Å²) in [5.74, 6) is 1.31. The molecule has 0 saturated heterocycles. The summed E-state index contributed by atoms with van der Waals surface area (Å²) in [5.41, 5.74) is 1.57. The number of ether oxygens (including phenoxy) is 2. The SMILES string of the molecule is Cc1cc(/N=C/O/N=C/Oc2ccccc2)ccc1Oc1nccc(Br)n1. The van der Waals surface area contributed by atoms with Gasteiger partial charge >= 0.3 is 6.01 Å². The molecule has 7 nitrogen and oxygen atoms in total. The monoisotopic (exact) mass is 426 g/mol. The summed E-state index contributed by atoms with van der Waals surface area (Å²) < 4.78 is 11.6. The number of aromatic nitrogens is 2. The van der Waals surface area contributed by atoms with Crippen LogP contribution in [0, 0.1) is 6.92 Å². The Kier molecular flexibility index (Phi) is 6.48. The Hall–Kier alpha value is -3.26. The van der Waals surface area contributed by atoms with Crippen molar-refractivity contribution >= 4 is 34.4 Å². The molecule has 0 N–H and O–H groups in total. The average Bonchev–Trinajstić information content (AvgIpc) is 2.67. The highest BCUT2D eigenvalue weighted by Gasteiger charge is 2.05. The van der Waals surface area contributed by atoms with E-state index in [2.05, 4.69) is 36.0 Å². The van der Waals surface area contributed by atoms with Gasteiger partial charge in [0.2, 0.25) is 12.8 Å². The van der Waals surface area contributed by atoms with Gasteiger partial charge in [0, 0.05) is 6.20 Å². The molecular weight excluding hydrogens is 412 g/mol. The van der Waals surface area contributed by atoms with Gasteiger partial charge < -0.3 is 14.3 Å². The fourth-order valence-electron chi connectivity index (χ4n) is 2.01. The van der Waals surface area contributed by atoms with Gasteiger partial charge in [-0.25, -0.2) is 9.98 Å². The molecule has 0 saturated carbocycles. The topological polar surface area (TPSA) is 78.2 Å². The van der Waals surface area contributed by atoms with Crippen molar-refractivity contribution in [3.05, 3.63) is 71.0 Å². The van der Waals surface area contributed by atoms with Crippen molar-refractivity contribution < 1.29 is 14.3 Å². The number of hydrogen-bond donors (Lipinski definition) is 0. The number of hydrogen-bond acceptors (Lipinski definition) is 7. The maximum atomic E-state index is 5.67. The van der Waals surface area contributed by atoms with E-state index in [0.29, 0.717) is 21.8 Å². The molecule has 1 aromatic heterocycles. The van der Waals surface area contributed by atoms with Crippen LogP contribution in [0.15, 0.2) is 75.5 Å². The lowest BCUT2D eigenvalue weighted by Gasteiger charge is -2.07. The molecule has 0 aliphatic carbocycles. The summed E-state index contributed by atoms with van der Waals surface area (Å²) in [6.07, 6.45) is 4.03. The highest BCUT2D eigenvalue weighted by molar-refractivity contribution is 9.10. The average molecular weight is 427 g/mol. The maximum absolute atomic E-state index is 5.67.